The molecule has 0 aromatic rings. The lowest BCUT2D eigenvalue weighted by Gasteiger charge is -2.44. The van der Waals surface area contributed by atoms with E-state index in [0.29, 0.717) is 0 Å². The number of nitrogens with two attached hydrogens (primary N) is 1. The zero-order valence-electron chi connectivity index (χ0n) is 12.4. The van der Waals surface area contributed by atoms with Crippen LogP contribution in [-0.4, -0.2) is 54.6 Å². The first kappa shape index (κ1) is 14.3. The normalized spacial score (nSPS) is 38.5. The third kappa shape index (κ3) is 2.89. The Morgan fingerprint density at radius 1 is 1.28 bits per heavy atom. The highest BCUT2D eigenvalue weighted by atomic mass is 15.2. The molecule has 18 heavy (non-hydrogen) atoms. The first-order chi connectivity index (χ1) is 8.67. The van der Waals surface area contributed by atoms with Gasteiger partial charge >= 0.3 is 0 Å². The first-order valence-corrected chi connectivity index (χ1v) is 7.83. The molecular formula is C15H31N3. The second-order valence-electron chi connectivity index (χ2n) is 6.33. The third-order valence-electron chi connectivity index (χ3n) is 5.36. The lowest BCUT2D eigenvalue weighted by atomic mass is 9.93. The van der Waals surface area contributed by atoms with Crippen molar-refractivity contribution in [2.24, 2.45) is 11.7 Å². The molecule has 1 aliphatic heterocycles. The van der Waals surface area contributed by atoms with Gasteiger partial charge in [-0.2, -0.15) is 0 Å². The van der Waals surface area contributed by atoms with E-state index in [9.17, 15) is 0 Å². The second-order valence-corrected chi connectivity index (χ2v) is 6.33. The van der Waals surface area contributed by atoms with Crippen LogP contribution in [0.1, 0.15) is 46.0 Å². The number of hydrogen-bond acceptors (Lipinski definition) is 3. The minimum atomic E-state index is 0.732. The zero-order chi connectivity index (χ0) is 13.1. The van der Waals surface area contributed by atoms with Crippen LogP contribution in [-0.2, 0) is 0 Å². The van der Waals surface area contributed by atoms with Gasteiger partial charge in [0.2, 0.25) is 0 Å². The van der Waals surface area contributed by atoms with Gasteiger partial charge in [0, 0.05) is 18.1 Å². The summed E-state index contributed by atoms with van der Waals surface area (Å²) in [5.74, 6) is 0.750. The maximum Gasteiger partial charge on any atom is 0.0138 e. The topological polar surface area (TPSA) is 32.5 Å². The van der Waals surface area contributed by atoms with Crippen LogP contribution in [0, 0.1) is 5.92 Å². The average molecular weight is 253 g/mol. The maximum atomic E-state index is 5.96. The van der Waals surface area contributed by atoms with Crippen LogP contribution in [0.4, 0.5) is 0 Å². The Kier molecular flexibility index (Phi) is 5.05. The number of nitrogens with zero attached hydrogens (tertiary/aromatic N) is 2. The molecule has 0 radical (unpaired) electrons. The van der Waals surface area contributed by atoms with E-state index in [1.807, 2.05) is 0 Å². The van der Waals surface area contributed by atoms with Gasteiger partial charge in [0.1, 0.15) is 0 Å². The molecule has 0 aromatic heterocycles. The number of likely N-dealkylation sites (tertiary alicyclic amines) is 1. The summed E-state index contributed by atoms with van der Waals surface area (Å²) >= 11 is 0. The SMILES string of the molecule is CCN(C1CCN(C)C(C)C1)C1CCCC1CN. The molecule has 0 amide bonds. The molecule has 0 spiro atoms. The first-order valence-electron chi connectivity index (χ1n) is 7.83. The molecule has 3 heteroatoms. The molecule has 1 heterocycles. The Bertz CT molecular complexity index is 256. The Morgan fingerprint density at radius 3 is 2.67 bits per heavy atom. The number of piperidine rings is 1. The summed E-state index contributed by atoms with van der Waals surface area (Å²) in [7, 11) is 2.26. The molecule has 4 unspecified atom stereocenters. The highest BCUT2D eigenvalue weighted by Gasteiger charge is 2.36. The molecule has 1 aliphatic carbocycles. The van der Waals surface area contributed by atoms with Gasteiger partial charge in [0.15, 0.2) is 0 Å². The van der Waals surface area contributed by atoms with Crippen LogP contribution in [0.5, 0.6) is 0 Å². The van der Waals surface area contributed by atoms with Crippen LogP contribution >= 0.6 is 0 Å². The molecule has 1 saturated heterocycles. The van der Waals surface area contributed by atoms with Crippen LogP contribution in [0.3, 0.4) is 0 Å². The number of hydrogen-bond donors (Lipinski definition) is 1. The summed E-state index contributed by atoms with van der Waals surface area (Å²) in [5.41, 5.74) is 5.96. The molecule has 2 fully saturated rings. The van der Waals surface area contributed by atoms with Crippen molar-refractivity contribution in [1.29, 1.82) is 0 Å². The van der Waals surface area contributed by atoms with E-state index in [-0.39, 0.29) is 0 Å². The zero-order valence-corrected chi connectivity index (χ0v) is 12.4. The minimum Gasteiger partial charge on any atom is -0.330 e. The molecule has 0 aromatic carbocycles. The molecule has 2 rings (SSSR count). The van der Waals surface area contributed by atoms with Gasteiger partial charge in [-0.3, -0.25) is 4.90 Å². The quantitative estimate of drug-likeness (QED) is 0.831. The van der Waals surface area contributed by atoms with Gasteiger partial charge in [-0.1, -0.05) is 13.3 Å². The molecule has 2 aliphatic rings. The van der Waals surface area contributed by atoms with Gasteiger partial charge in [-0.25, -0.2) is 0 Å². The average Bonchev–Trinajstić information content (AvgIpc) is 2.83. The number of rotatable bonds is 4. The lowest BCUT2D eigenvalue weighted by Crippen LogP contribution is -2.52. The summed E-state index contributed by atoms with van der Waals surface area (Å²) < 4.78 is 0. The summed E-state index contributed by atoms with van der Waals surface area (Å²) in [6.45, 7) is 8.03. The van der Waals surface area contributed by atoms with Gasteiger partial charge in [-0.15, -0.1) is 0 Å². The molecule has 1 saturated carbocycles. The Balaban J connectivity index is 2.00. The van der Waals surface area contributed by atoms with Crippen molar-refractivity contribution in [2.75, 3.05) is 26.7 Å². The van der Waals surface area contributed by atoms with E-state index in [2.05, 4.69) is 30.7 Å². The Morgan fingerprint density at radius 2 is 2.06 bits per heavy atom. The molecule has 3 nitrogen and oxygen atoms in total. The van der Waals surface area contributed by atoms with E-state index in [4.69, 9.17) is 5.73 Å². The monoisotopic (exact) mass is 253 g/mol. The van der Waals surface area contributed by atoms with Crippen molar-refractivity contribution < 1.29 is 0 Å². The van der Waals surface area contributed by atoms with Gasteiger partial charge in [-0.05, 0) is 65.2 Å². The van der Waals surface area contributed by atoms with E-state index in [0.717, 1.165) is 30.6 Å². The summed E-state index contributed by atoms with van der Waals surface area (Å²) in [5, 5.41) is 0. The predicted molar refractivity (Wildman–Crippen MR) is 77.7 cm³/mol. The molecule has 106 valence electrons. The van der Waals surface area contributed by atoms with Crippen molar-refractivity contribution in [3.8, 4) is 0 Å². The van der Waals surface area contributed by atoms with Crippen molar-refractivity contribution in [3.63, 3.8) is 0 Å². The van der Waals surface area contributed by atoms with Gasteiger partial charge < -0.3 is 10.6 Å². The van der Waals surface area contributed by atoms with Crippen molar-refractivity contribution >= 4 is 0 Å². The fraction of sp³-hybridized carbons (Fsp3) is 1.00. The molecule has 4 atom stereocenters. The van der Waals surface area contributed by atoms with Crippen LogP contribution in [0.15, 0.2) is 0 Å². The van der Waals surface area contributed by atoms with Crippen LogP contribution in [0.25, 0.3) is 0 Å². The third-order valence-corrected chi connectivity index (χ3v) is 5.36. The van der Waals surface area contributed by atoms with Gasteiger partial charge in [0.25, 0.3) is 0 Å². The lowest BCUT2D eigenvalue weighted by molar-refractivity contribution is 0.0494. The van der Waals surface area contributed by atoms with E-state index >= 15 is 0 Å². The highest BCUT2D eigenvalue weighted by molar-refractivity contribution is 4.91. The summed E-state index contributed by atoms with van der Waals surface area (Å²) in [4.78, 5) is 5.29. The summed E-state index contributed by atoms with van der Waals surface area (Å²) in [6, 6.07) is 2.29. The summed E-state index contributed by atoms with van der Waals surface area (Å²) in [6.07, 6.45) is 6.77. The second kappa shape index (κ2) is 6.36. The Hall–Kier alpha value is -0.120. The van der Waals surface area contributed by atoms with E-state index in [1.165, 1.54) is 45.2 Å². The van der Waals surface area contributed by atoms with E-state index in [1.54, 1.807) is 0 Å². The predicted octanol–water partition coefficient (Wildman–Crippen LogP) is 1.92. The smallest absolute Gasteiger partial charge is 0.0138 e. The Labute approximate surface area is 113 Å². The van der Waals surface area contributed by atoms with Crippen LogP contribution in [0.2, 0.25) is 0 Å². The fourth-order valence-corrected chi connectivity index (χ4v) is 4.06. The van der Waals surface area contributed by atoms with Crippen molar-refractivity contribution in [2.45, 2.75) is 64.1 Å². The van der Waals surface area contributed by atoms with Gasteiger partial charge in [0.05, 0.1) is 0 Å². The minimum absolute atomic E-state index is 0.732. The van der Waals surface area contributed by atoms with Crippen LogP contribution < -0.4 is 5.73 Å². The largest absolute Gasteiger partial charge is 0.330 e. The fourth-order valence-electron chi connectivity index (χ4n) is 4.06. The molecular weight excluding hydrogens is 222 g/mol. The molecule has 0 bridgehead atoms. The maximum absolute atomic E-state index is 5.96. The van der Waals surface area contributed by atoms with E-state index < -0.39 is 0 Å². The van der Waals surface area contributed by atoms with Crippen molar-refractivity contribution in [1.82, 2.24) is 9.80 Å². The van der Waals surface area contributed by atoms with Crippen molar-refractivity contribution in [3.05, 3.63) is 0 Å². The molecule has 2 N–H and O–H groups in total. The highest BCUT2D eigenvalue weighted by Crippen LogP contribution is 2.33. The standard InChI is InChI=1S/C15H31N3/c1-4-18(15-7-5-6-13(15)11-16)14-8-9-17(3)12(2)10-14/h12-15H,4-11,16H2,1-3H3.